The number of amides is 2. The third kappa shape index (κ3) is 4.34. The molecule has 0 aliphatic heterocycles. The minimum atomic E-state index is -0.523. The second kappa shape index (κ2) is 9.21. The lowest BCUT2D eigenvalue weighted by Gasteiger charge is -2.14. The van der Waals surface area contributed by atoms with E-state index in [9.17, 15) is 19.2 Å². The lowest BCUT2D eigenvalue weighted by Crippen LogP contribution is -2.41. The van der Waals surface area contributed by atoms with Gasteiger partial charge in [0, 0.05) is 23.8 Å². The van der Waals surface area contributed by atoms with E-state index in [4.69, 9.17) is 0 Å². The molecule has 0 unspecified atom stereocenters. The number of aromatic nitrogens is 2. The normalized spacial score (nSPS) is 13.9. The summed E-state index contributed by atoms with van der Waals surface area (Å²) in [6, 6.07) is 13.6. The van der Waals surface area contributed by atoms with Gasteiger partial charge in [0.1, 0.15) is 6.54 Å². The summed E-state index contributed by atoms with van der Waals surface area (Å²) in [7, 11) is 0. The minimum Gasteiger partial charge on any atom is -0.349 e. The molecule has 32 heavy (non-hydrogen) atoms. The first-order chi connectivity index (χ1) is 15.5. The van der Waals surface area contributed by atoms with Gasteiger partial charge in [0.05, 0.1) is 10.9 Å². The van der Waals surface area contributed by atoms with Crippen LogP contribution in [0.3, 0.4) is 0 Å². The average molecular weight is 434 g/mol. The van der Waals surface area contributed by atoms with E-state index < -0.39 is 11.6 Å². The van der Waals surface area contributed by atoms with Crippen molar-refractivity contribution in [3.8, 4) is 0 Å². The topological polar surface area (TPSA) is 102 Å². The largest absolute Gasteiger partial charge is 0.349 e. The smallest absolute Gasteiger partial charge is 0.331 e. The number of hydrogen-bond acceptors (Lipinski definition) is 4. The molecule has 4 rings (SSSR count). The van der Waals surface area contributed by atoms with Crippen molar-refractivity contribution >= 4 is 28.4 Å². The summed E-state index contributed by atoms with van der Waals surface area (Å²) in [5, 5.41) is 6.18. The number of carbonyl (C=O) groups is 2. The second-order valence-electron chi connectivity index (χ2n) is 8.02. The van der Waals surface area contributed by atoms with Gasteiger partial charge in [-0.2, -0.15) is 0 Å². The number of fused-ring (bicyclic) bond motifs is 1. The van der Waals surface area contributed by atoms with E-state index in [0.29, 0.717) is 22.2 Å². The molecular formula is C24H26N4O4. The Morgan fingerprint density at radius 2 is 1.66 bits per heavy atom. The molecule has 0 bridgehead atoms. The van der Waals surface area contributed by atoms with Gasteiger partial charge in [-0.05, 0) is 56.2 Å². The van der Waals surface area contributed by atoms with Crippen LogP contribution in [0.4, 0.5) is 5.69 Å². The number of hydrogen-bond donors (Lipinski definition) is 2. The van der Waals surface area contributed by atoms with Gasteiger partial charge >= 0.3 is 5.69 Å². The molecule has 1 saturated carbocycles. The Kier molecular flexibility index (Phi) is 6.20. The molecule has 3 aromatic rings. The lowest BCUT2D eigenvalue weighted by atomic mass is 10.1. The molecule has 1 aliphatic rings. The van der Waals surface area contributed by atoms with Gasteiger partial charge in [0.2, 0.25) is 5.91 Å². The van der Waals surface area contributed by atoms with Crippen LogP contribution in [0.1, 0.15) is 43.0 Å². The van der Waals surface area contributed by atoms with E-state index >= 15 is 0 Å². The molecule has 0 saturated heterocycles. The Hall–Kier alpha value is -3.68. The summed E-state index contributed by atoms with van der Waals surface area (Å²) < 4.78 is 2.42. The Morgan fingerprint density at radius 1 is 0.969 bits per heavy atom. The molecule has 2 aromatic carbocycles. The highest BCUT2D eigenvalue weighted by Gasteiger charge is 2.18. The van der Waals surface area contributed by atoms with Crippen LogP contribution in [0, 0.1) is 0 Å². The van der Waals surface area contributed by atoms with Gasteiger partial charge in [-0.1, -0.05) is 25.0 Å². The fourth-order valence-corrected chi connectivity index (χ4v) is 4.19. The van der Waals surface area contributed by atoms with E-state index in [1.807, 2.05) is 0 Å². The number of nitrogens with zero attached hydrogens (tertiary/aromatic N) is 2. The van der Waals surface area contributed by atoms with Gasteiger partial charge < -0.3 is 10.6 Å². The fourth-order valence-electron chi connectivity index (χ4n) is 4.19. The molecule has 2 amide bonds. The summed E-state index contributed by atoms with van der Waals surface area (Å²) in [5.74, 6) is -0.517. The molecule has 1 aromatic heterocycles. The SMILES string of the molecule is CCn1c(=O)c2ccccc2n(CC(=O)Nc2ccc(C(=O)NC3CCCC3)cc2)c1=O. The molecule has 0 radical (unpaired) electrons. The number of benzene rings is 2. The van der Waals surface area contributed by atoms with Crippen LogP contribution < -0.4 is 21.9 Å². The zero-order valence-electron chi connectivity index (χ0n) is 18.0. The Bertz CT molecular complexity index is 1270. The van der Waals surface area contributed by atoms with Crippen LogP contribution in [0.15, 0.2) is 58.1 Å². The standard InChI is InChI=1S/C24H26N4O4/c1-2-27-23(31)19-9-5-6-10-20(19)28(24(27)32)15-21(29)25-18-13-11-16(12-14-18)22(30)26-17-7-3-4-8-17/h5-6,9-14,17H,2-4,7-8,15H2,1H3,(H,25,29)(H,26,30). The molecule has 0 spiro atoms. The van der Waals surface area contributed by atoms with Crippen molar-refractivity contribution in [1.29, 1.82) is 0 Å². The van der Waals surface area contributed by atoms with Gasteiger partial charge in [-0.15, -0.1) is 0 Å². The Balaban J connectivity index is 1.49. The van der Waals surface area contributed by atoms with Crippen LogP contribution in [-0.2, 0) is 17.9 Å². The summed E-state index contributed by atoms with van der Waals surface area (Å²) in [5.41, 5.74) is 0.587. The van der Waals surface area contributed by atoms with Crippen molar-refractivity contribution in [3.63, 3.8) is 0 Å². The molecule has 1 aliphatic carbocycles. The third-order valence-corrected chi connectivity index (χ3v) is 5.87. The molecule has 8 heteroatoms. The molecular weight excluding hydrogens is 408 g/mol. The fraction of sp³-hybridized carbons (Fsp3) is 0.333. The average Bonchev–Trinajstić information content (AvgIpc) is 3.30. The molecule has 1 heterocycles. The van der Waals surface area contributed by atoms with Gasteiger partial charge in [-0.25, -0.2) is 4.79 Å². The Labute approximate surface area is 184 Å². The van der Waals surface area contributed by atoms with Crippen LogP contribution >= 0.6 is 0 Å². The minimum absolute atomic E-state index is 0.116. The number of rotatable bonds is 6. The summed E-state index contributed by atoms with van der Waals surface area (Å²) in [6.07, 6.45) is 4.31. The maximum atomic E-state index is 12.8. The summed E-state index contributed by atoms with van der Waals surface area (Å²) >= 11 is 0. The first-order valence-corrected chi connectivity index (χ1v) is 10.9. The maximum Gasteiger partial charge on any atom is 0.331 e. The first kappa shape index (κ1) is 21.5. The predicted molar refractivity (Wildman–Crippen MR) is 123 cm³/mol. The number of anilines is 1. The van der Waals surface area contributed by atoms with Crippen LogP contribution in [-0.4, -0.2) is 27.0 Å². The van der Waals surface area contributed by atoms with Gasteiger partial charge in [-0.3, -0.25) is 23.5 Å². The van der Waals surface area contributed by atoms with Gasteiger partial charge in [0.15, 0.2) is 0 Å². The van der Waals surface area contributed by atoms with Gasteiger partial charge in [0.25, 0.3) is 11.5 Å². The number of carbonyl (C=O) groups excluding carboxylic acids is 2. The third-order valence-electron chi connectivity index (χ3n) is 5.87. The van der Waals surface area contributed by atoms with Crippen LogP contribution in [0.25, 0.3) is 10.9 Å². The highest BCUT2D eigenvalue weighted by molar-refractivity contribution is 5.96. The highest BCUT2D eigenvalue weighted by atomic mass is 16.2. The molecule has 1 fully saturated rings. The van der Waals surface area contributed by atoms with Crippen molar-refractivity contribution in [2.75, 3.05) is 5.32 Å². The van der Waals surface area contributed by atoms with E-state index in [1.54, 1.807) is 55.5 Å². The van der Waals surface area contributed by atoms with E-state index in [2.05, 4.69) is 10.6 Å². The van der Waals surface area contributed by atoms with Crippen molar-refractivity contribution in [3.05, 3.63) is 74.9 Å². The molecule has 8 nitrogen and oxygen atoms in total. The number of nitrogens with one attached hydrogen (secondary N) is 2. The highest BCUT2D eigenvalue weighted by Crippen LogP contribution is 2.18. The monoisotopic (exact) mass is 434 g/mol. The quantitative estimate of drug-likeness (QED) is 0.622. The summed E-state index contributed by atoms with van der Waals surface area (Å²) in [6.45, 7) is 1.70. The van der Waals surface area contributed by atoms with E-state index in [0.717, 1.165) is 30.3 Å². The van der Waals surface area contributed by atoms with E-state index in [1.165, 1.54) is 4.57 Å². The van der Waals surface area contributed by atoms with Crippen molar-refractivity contribution in [2.45, 2.75) is 51.7 Å². The zero-order valence-corrected chi connectivity index (χ0v) is 18.0. The van der Waals surface area contributed by atoms with Crippen molar-refractivity contribution in [1.82, 2.24) is 14.5 Å². The van der Waals surface area contributed by atoms with Crippen LogP contribution in [0.5, 0.6) is 0 Å². The second-order valence-corrected chi connectivity index (χ2v) is 8.02. The molecule has 166 valence electrons. The Morgan fingerprint density at radius 3 is 2.34 bits per heavy atom. The predicted octanol–water partition coefficient (Wildman–Crippen LogP) is 2.49. The maximum absolute atomic E-state index is 12.8. The van der Waals surface area contributed by atoms with E-state index in [-0.39, 0.29) is 30.6 Å². The molecule has 2 N–H and O–H groups in total. The first-order valence-electron chi connectivity index (χ1n) is 10.9. The van der Waals surface area contributed by atoms with Crippen LogP contribution in [0.2, 0.25) is 0 Å². The number of para-hydroxylation sites is 1. The zero-order chi connectivity index (χ0) is 22.7. The van der Waals surface area contributed by atoms with Crippen molar-refractivity contribution in [2.24, 2.45) is 0 Å². The summed E-state index contributed by atoms with van der Waals surface area (Å²) in [4.78, 5) is 50.3. The molecule has 0 atom stereocenters. The van der Waals surface area contributed by atoms with Crippen molar-refractivity contribution < 1.29 is 9.59 Å². The lowest BCUT2D eigenvalue weighted by molar-refractivity contribution is -0.116.